The van der Waals surface area contributed by atoms with Gasteiger partial charge in [-0.1, -0.05) is 12.1 Å². The molecule has 1 fully saturated rings. The Bertz CT molecular complexity index is 998. The number of anilines is 1. The van der Waals surface area contributed by atoms with Gasteiger partial charge in [-0.2, -0.15) is 0 Å². The van der Waals surface area contributed by atoms with E-state index in [-0.39, 0.29) is 5.56 Å². The Morgan fingerprint density at radius 2 is 1.73 bits per heavy atom. The number of pyridine rings is 1. The number of thiazole rings is 1. The van der Waals surface area contributed by atoms with Crippen LogP contribution in [0.15, 0.2) is 53.6 Å². The maximum Gasteiger partial charge on any atom is 0.250 e. The van der Waals surface area contributed by atoms with E-state index in [1.165, 1.54) is 5.69 Å². The summed E-state index contributed by atoms with van der Waals surface area (Å²) in [6.07, 6.45) is 3.69. The second-order valence-corrected chi connectivity index (χ2v) is 9.01. The van der Waals surface area contributed by atoms with Crippen LogP contribution >= 0.6 is 11.3 Å². The van der Waals surface area contributed by atoms with Gasteiger partial charge < -0.3 is 9.47 Å². The lowest BCUT2D eigenvalue weighted by Crippen LogP contribution is -2.37. The molecule has 0 spiro atoms. The van der Waals surface area contributed by atoms with Crippen LogP contribution in [0.25, 0.3) is 21.0 Å². The van der Waals surface area contributed by atoms with Crippen LogP contribution in [-0.2, 0) is 17.8 Å². The quantitative estimate of drug-likeness (QED) is 0.696. The van der Waals surface area contributed by atoms with Gasteiger partial charge in [-0.3, -0.25) is 9.00 Å². The van der Waals surface area contributed by atoms with Gasteiger partial charge in [0.25, 0.3) is 0 Å². The van der Waals surface area contributed by atoms with E-state index in [9.17, 15) is 9.00 Å². The smallest absolute Gasteiger partial charge is 0.250 e. The number of aryl methyl sites for hydroxylation is 1. The van der Waals surface area contributed by atoms with E-state index in [2.05, 4.69) is 34.1 Å². The van der Waals surface area contributed by atoms with Gasteiger partial charge in [0, 0.05) is 72.2 Å². The second kappa shape index (κ2) is 7.17. The summed E-state index contributed by atoms with van der Waals surface area (Å²) < 4.78 is 13.1. The van der Waals surface area contributed by atoms with Crippen molar-refractivity contribution in [3.8, 4) is 21.0 Å². The number of aromatic nitrogens is 2. The first-order chi connectivity index (χ1) is 12.6. The lowest BCUT2D eigenvalue weighted by Gasteiger charge is -2.28. The normalized spacial score (nSPS) is 15.3. The Morgan fingerprint density at radius 3 is 2.42 bits per heavy atom. The van der Waals surface area contributed by atoms with Gasteiger partial charge in [0.1, 0.15) is 5.01 Å². The van der Waals surface area contributed by atoms with Crippen molar-refractivity contribution in [2.45, 2.75) is 0 Å². The van der Waals surface area contributed by atoms with Crippen molar-refractivity contribution < 1.29 is 4.21 Å². The number of nitrogens with zero attached hydrogens (tertiary/aromatic N) is 3. The van der Waals surface area contributed by atoms with Crippen molar-refractivity contribution in [2.24, 2.45) is 7.05 Å². The molecule has 0 radical (unpaired) electrons. The molecule has 3 aromatic rings. The molecule has 0 aliphatic carbocycles. The van der Waals surface area contributed by atoms with E-state index < -0.39 is 10.8 Å². The van der Waals surface area contributed by atoms with E-state index in [0.717, 1.165) is 45.6 Å². The summed E-state index contributed by atoms with van der Waals surface area (Å²) in [5.41, 5.74) is 3.22. The summed E-state index contributed by atoms with van der Waals surface area (Å²) in [7, 11) is 1.09. The van der Waals surface area contributed by atoms with Crippen molar-refractivity contribution in [3.63, 3.8) is 0 Å². The minimum atomic E-state index is -0.657. The van der Waals surface area contributed by atoms with Gasteiger partial charge in [-0.15, -0.1) is 11.3 Å². The Kier molecular flexibility index (Phi) is 4.74. The SMILES string of the molecule is Cn1cc(-c2ncc(-c3ccc(N4CCS(=O)CC4)cc3)s2)ccc1=O. The summed E-state index contributed by atoms with van der Waals surface area (Å²) in [4.78, 5) is 19.4. The first-order valence-corrected chi connectivity index (χ1v) is 10.7. The molecule has 3 heterocycles. The van der Waals surface area contributed by atoms with E-state index in [4.69, 9.17) is 0 Å². The van der Waals surface area contributed by atoms with Crippen LogP contribution in [0.1, 0.15) is 0 Å². The topological polar surface area (TPSA) is 55.2 Å². The van der Waals surface area contributed by atoms with Crippen LogP contribution in [0, 0.1) is 0 Å². The molecule has 0 N–H and O–H groups in total. The molecule has 1 aliphatic heterocycles. The van der Waals surface area contributed by atoms with Crippen molar-refractivity contribution in [1.82, 2.24) is 9.55 Å². The van der Waals surface area contributed by atoms with Gasteiger partial charge in [-0.25, -0.2) is 4.98 Å². The molecule has 1 aromatic carbocycles. The second-order valence-electron chi connectivity index (χ2n) is 6.28. The predicted octanol–water partition coefficient (Wildman–Crippen LogP) is 2.74. The van der Waals surface area contributed by atoms with Gasteiger partial charge >= 0.3 is 0 Å². The maximum atomic E-state index is 11.5. The van der Waals surface area contributed by atoms with Crippen LogP contribution < -0.4 is 10.5 Å². The summed E-state index contributed by atoms with van der Waals surface area (Å²) in [5.74, 6) is 1.50. The fourth-order valence-electron chi connectivity index (χ4n) is 2.99. The average Bonchev–Trinajstić information content (AvgIpc) is 3.15. The molecule has 5 nitrogen and oxygen atoms in total. The number of rotatable bonds is 3. The van der Waals surface area contributed by atoms with Crippen LogP contribution in [-0.4, -0.2) is 38.4 Å². The third kappa shape index (κ3) is 3.50. The van der Waals surface area contributed by atoms with Crippen LogP contribution in [0.2, 0.25) is 0 Å². The fraction of sp³-hybridized carbons (Fsp3) is 0.263. The lowest BCUT2D eigenvalue weighted by molar-refractivity contribution is 0.673. The first-order valence-electron chi connectivity index (χ1n) is 8.43. The van der Waals surface area contributed by atoms with Crippen molar-refractivity contribution in [1.29, 1.82) is 0 Å². The molecule has 2 aromatic heterocycles. The number of hydrogen-bond acceptors (Lipinski definition) is 5. The molecule has 4 rings (SSSR count). The van der Waals surface area contributed by atoms with E-state index >= 15 is 0 Å². The van der Waals surface area contributed by atoms with Crippen LogP contribution in [0.4, 0.5) is 5.69 Å². The lowest BCUT2D eigenvalue weighted by atomic mass is 10.2. The average molecular weight is 386 g/mol. The molecular formula is C19H19N3O2S2. The molecule has 0 unspecified atom stereocenters. The van der Waals surface area contributed by atoms with E-state index in [1.54, 1.807) is 29.0 Å². The zero-order valence-electron chi connectivity index (χ0n) is 14.4. The zero-order chi connectivity index (χ0) is 18.1. The molecule has 0 amide bonds. The van der Waals surface area contributed by atoms with Crippen molar-refractivity contribution >= 4 is 27.8 Å². The summed E-state index contributed by atoms with van der Waals surface area (Å²) in [6.45, 7) is 1.70. The Balaban J connectivity index is 1.55. The van der Waals surface area contributed by atoms with Crippen LogP contribution in [0.5, 0.6) is 0 Å². The first kappa shape index (κ1) is 17.2. The molecule has 0 atom stereocenters. The van der Waals surface area contributed by atoms with Gasteiger partial charge in [0.15, 0.2) is 0 Å². The summed E-state index contributed by atoms with van der Waals surface area (Å²) >= 11 is 1.62. The van der Waals surface area contributed by atoms with E-state index in [1.807, 2.05) is 18.5 Å². The molecule has 7 heteroatoms. The van der Waals surface area contributed by atoms with E-state index in [0.29, 0.717) is 0 Å². The molecular weight excluding hydrogens is 366 g/mol. The highest BCUT2D eigenvalue weighted by Gasteiger charge is 2.15. The third-order valence-electron chi connectivity index (χ3n) is 4.53. The zero-order valence-corrected chi connectivity index (χ0v) is 16.1. The molecule has 1 aliphatic rings. The minimum absolute atomic E-state index is 0.0253. The minimum Gasteiger partial charge on any atom is -0.370 e. The predicted molar refractivity (Wildman–Crippen MR) is 108 cm³/mol. The van der Waals surface area contributed by atoms with Gasteiger partial charge in [0.05, 0.1) is 4.88 Å². The Labute approximate surface area is 158 Å². The largest absolute Gasteiger partial charge is 0.370 e. The fourth-order valence-corrected chi connectivity index (χ4v) is 4.96. The Morgan fingerprint density at radius 1 is 1.04 bits per heavy atom. The molecule has 134 valence electrons. The monoisotopic (exact) mass is 385 g/mol. The van der Waals surface area contributed by atoms with Crippen molar-refractivity contribution in [2.75, 3.05) is 29.5 Å². The number of benzene rings is 1. The highest BCUT2D eigenvalue weighted by atomic mass is 32.2. The van der Waals surface area contributed by atoms with Gasteiger partial charge in [0.2, 0.25) is 5.56 Å². The van der Waals surface area contributed by atoms with Crippen LogP contribution in [0.3, 0.4) is 0 Å². The molecule has 26 heavy (non-hydrogen) atoms. The third-order valence-corrected chi connectivity index (χ3v) is 6.90. The summed E-state index contributed by atoms with van der Waals surface area (Å²) in [5, 5.41) is 0.901. The number of hydrogen-bond donors (Lipinski definition) is 0. The van der Waals surface area contributed by atoms with Crippen molar-refractivity contribution in [3.05, 3.63) is 59.1 Å². The summed E-state index contributed by atoms with van der Waals surface area (Å²) in [6, 6.07) is 11.8. The molecule has 1 saturated heterocycles. The molecule has 0 saturated carbocycles. The molecule has 0 bridgehead atoms. The highest BCUT2D eigenvalue weighted by molar-refractivity contribution is 7.85. The van der Waals surface area contributed by atoms with Gasteiger partial charge in [-0.05, 0) is 23.8 Å². The standard InChI is InChI=1S/C19H19N3O2S2/c1-21-13-15(4-7-18(21)23)19-20-12-17(25-19)14-2-5-16(6-3-14)22-8-10-26(24)11-9-22/h2-7,12-13H,8-11H2,1H3. The Hall–Kier alpha value is -2.25. The maximum absolute atomic E-state index is 11.5. The highest BCUT2D eigenvalue weighted by Crippen LogP contribution is 2.32.